The average Bonchev–Trinajstić information content (AvgIpc) is 2.97. The predicted molar refractivity (Wildman–Crippen MR) is 174 cm³/mol. The van der Waals surface area contributed by atoms with Gasteiger partial charge in [0.1, 0.15) is 10.0 Å². The van der Waals surface area contributed by atoms with Crippen LogP contribution in [0.15, 0.2) is 96.0 Å². The van der Waals surface area contributed by atoms with Crippen molar-refractivity contribution in [2.75, 3.05) is 7.05 Å². The molecule has 0 N–H and O–H groups in total. The van der Waals surface area contributed by atoms with E-state index in [-0.39, 0.29) is 25.1 Å². The van der Waals surface area contributed by atoms with Crippen molar-refractivity contribution in [3.05, 3.63) is 126 Å². The fourth-order valence-electron chi connectivity index (χ4n) is 3.07. The van der Waals surface area contributed by atoms with Gasteiger partial charge >= 0.3 is 127 Å². The number of halogens is 5. The second-order valence-electron chi connectivity index (χ2n) is 7.46. The predicted octanol–water partition coefficient (Wildman–Crippen LogP) is 6.54. The van der Waals surface area contributed by atoms with E-state index in [1.807, 2.05) is 0 Å². The van der Waals surface area contributed by atoms with Crippen LogP contribution < -0.4 is 15.8 Å². The van der Waals surface area contributed by atoms with Gasteiger partial charge in [0.25, 0.3) is 0 Å². The molecule has 0 amide bonds. The van der Waals surface area contributed by atoms with Crippen molar-refractivity contribution < 1.29 is 14.8 Å². The standard InChI is InChI=1S/C6Cl5NO2.3C6H5.C2H3NS.C2H4O2.Sn/c7-1-2(8)4(10)6(12(13)14)5(11)3(1)9;3*1-2-4-6-5-3-1;1-3-2-4;1-2(3)4;/h;3*1-5H;1H3;1H3,(H,3,4);/q;;;;;;+1/p-1. The summed E-state index contributed by atoms with van der Waals surface area (Å²) in [6.07, 6.45) is 0. The fraction of sp³-hybridized carbons (Fsp3) is 0.0714. The number of rotatable bonds is 4. The molecule has 0 atom stereocenters. The molecule has 4 aromatic rings. The van der Waals surface area contributed by atoms with Crippen LogP contribution >= 0.6 is 70.2 Å². The van der Waals surface area contributed by atoms with Crippen LogP contribution in [-0.2, 0) is 4.79 Å². The van der Waals surface area contributed by atoms with Gasteiger partial charge in [0.15, 0.2) is 0 Å². The fourth-order valence-corrected chi connectivity index (χ4v) is 11.7. The van der Waals surface area contributed by atoms with Crippen LogP contribution in [0, 0.1) is 10.1 Å². The first kappa shape index (κ1) is 36.8. The minimum atomic E-state index is -1.98. The van der Waals surface area contributed by atoms with Crippen molar-refractivity contribution in [1.29, 1.82) is 0 Å². The summed E-state index contributed by atoms with van der Waals surface area (Å²) in [5, 5.41) is 20.4. The number of nitrogens with zero attached hydrogens (tertiary/aromatic N) is 2. The van der Waals surface area contributed by atoms with Crippen LogP contribution in [0.2, 0.25) is 25.1 Å². The van der Waals surface area contributed by atoms with Crippen LogP contribution in [0.1, 0.15) is 6.92 Å². The molecule has 13 heteroatoms. The molecule has 4 rings (SSSR count). The van der Waals surface area contributed by atoms with E-state index < -0.39 is 36.3 Å². The van der Waals surface area contributed by atoms with Gasteiger partial charge in [0.2, 0.25) is 0 Å². The van der Waals surface area contributed by atoms with Crippen LogP contribution in [-0.4, -0.2) is 42.9 Å². The van der Waals surface area contributed by atoms with Gasteiger partial charge in [-0.3, -0.25) is 10.1 Å². The van der Waals surface area contributed by atoms with Crippen molar-refractivity contribution in [3.63, 3.8) is 0 Å². The topological polar surface area (TPSA) is 95.6 Å². The second kappa shape index (κ2) is 19.8. The van der Waals surface area contributed by atoms with Crippen molar-refractivity contribution >= 4 is 118 Å². The Morgan fingerprint density at radius 3 is 1.20 bits per heavy atom. The molecule has 0 spiro atoms. The second-order valence-corrected chi connectivity index (χ2v) is 16.6. The van der Waals surface area contributed by atoms with Crippen LogP contribution in [0.25, 0.3) is 0 Å². The SMILES string of the molecule is CC(=O)[O-].CN=C=S.O=[N+]([O-])c1c(Cl)c(Cl)c(Cl)c(Cl)c1Cl.c1cc[c]([Sn+]([c]2ccccc2)[c]2ccccc2)cc1. The summed E-state index contributed by atoms with van der Waals surface area (Å²) in [7, 11) is 1.59. The summed E-state index contributed by atoms with van der Waals surface area (Å²) in [6.45, 7) is 0.972. The molecule has 0 unspecified atom stereocenters. The average molecular weight is 778 g/mol. The third-order valence-electron chi connectivity index (χ3n) is 4.65. The zero-order chi connectivity index (χ0) is 30.9. The monoisotopic (exact) mass is 776 g/mol. The Hall–Kier alpha value is -2.20. The van der Waals surface area contributed by atoms with E-state index in [1.54, 1.807) is 7.05 Å². The summed E-state index contributed by atoms with van der Waals surface area (Å²) >= 11 is 30.1. The summed E-state index contributed by atoms with van der Waals surface area (Å²) in [6, 6.07) is 32.9. The van der Waals surface area contributed by atoms with E-state index in [9.17, 15) is 10.1 Å². The Kier molecular flexibility index (Phi) is 17.8. The minimum absolute atomic E-state index is 0.103. The molecule has 4 aromatic carbocycles. The molecule has 0 bridgehead atoms. The number of carbonyl (C=O) groups excluding carboxylic acids is 1. The van der Waals surface area contributed by atoms with E-state index in [0.29, 0.717) is 0 Å². The Morgan fingerprint density at radius 2 is 0.976 bits per heavy atom. The van der Waals surface area contributed by atoms with Crippen molar-refractivity contribution in [3.8, 4) is 0 Å². The number of hydrogen-bond acceptors (Lipinski definition) is 6. The first-order valence-corrected chi connectivity index (χ1v) is 17.9. The molecule has 0 radical (unpaired) electrons. The summed E-state index contributed by atoms with van der Waals surface area (Å²) < 4.78 is 4.59. The van der Waals surface area contributed by atoms with Crippen molar-refractivity contribution in [2.24, 2.45) is 4.99 Å². The van der Waals surface area contributed by atoms with Gasteiger partial charge in [0.05, 0.1) is 25.2 Å². The first-order chi connectivity index (χ1) is 19.5. The van der Waals surface area contributed by atoms with Crippen molar-refractivity contribution in [1.82, 2.24) is 0 Å². The number of aliphatic imine (C=N–C) groups is 1. The Balaban J connectivity index is 0.000000335. The number of nitro benzene ring substituents is 1. The van der Waals surface area contributed by atoms with Gasteiger partial charge < -0.3 is 9.90 Å². The molecule has 0 fully saturated rings. The van der Waals surface area contributed by atoms with Gasteiger partial charge in [-0.2, -0.15) is 0 Å². The third-order valence-corrected chi connectivity index (χ3v) is 14.9. The summed E-state index contributed by atoms with van der Waals surface area (Å²) in [5.74, 6) is -1.08. The maximum atomic E-state index is 10.5. The number of carbonyl (C=O) groups is 1. The van der Waals surface area contributed by atoms with Crippen LogP contribution in [0.5, 0.6) is 0 Å². The van der Waals surface area contributed by atoms with Gasteiger partial charge in [-0.05, 0) is 19.1 Å². The molecule has 41 heavy (non-hydrogen) atoms. The Morgan fingerprint density at radius 1 is 0.732 bits per heavy atom. The van der Waals surface area contributed by atoms with E-state index in [2.05, 4.69) is 113 Å². The number of thiocarbonyl (C=S) groups is 1. The van der Waals surface area contributed by atoms with Gasteiger partial charge in [0, 0.05) is 13.0 Å². The molecule has 0 aliphatic carbocycles. The van der Waals surface area contributed by atoms with E-state index in [1.165, 1.54) is 10.7 Å². The first-order valence-electron chi connectivity index (χ1n) is 11.3. The van der Waals surface area contributed by atoms with Crippen LogP contribution in [0.3, 0.4) is 0 Å². The molecule has 0 aliphatic heterocycles. The number of isothiocyanates is 1. The normalized spacial score (nSPS) is 9.24. The molecule has 0 saturated heterocycles. The number of benzene rings is 4. The summed E-state index contributed by atoms with van der Waals surface area (Å²) in [5.41, 5.74) is -0.548. The number of nitro groups is 1. The third kappa shape index (κ3) is 12.3. The Bertz CT molecular complexity index is 1350. The number of carboxylic acid groups (broad SMARTS) is 1. The molecule has 0 aliphatic rings. The van der Waals surface area contributed by atoms with Gasteiger partial charge in [-0.15, -0.1) is 0 Å². The quantitative estimate of drug-likeness (QED) is 0.0447. The van der Waals surface area contributed by atoms with E-state index >= 15 is 0 Å². The molecule has 0 aromatic heterocycles. The van der Waals surface area contributed by atoms with E-state index in [0.717, 1.165) is 6.92 Å². The zero-order valence-corrected chi connectivity index (χ0v) is 28.9. The zero-order valence-electron chi connectivity index (χ0n) is 21.5. The van der Waals surface area contributed by atoms with Gasteiger partial charge in [-0.1, -0.05) is 58.0 Å². The molecule has 212 valence electrons. The van der Waals surface area contributed by atoms with Crippen LogP contribution in [0.4, 0.5) is 5.69 Å². The molecule has 0 saturated carbocycles. The molecule has 0 heterocycles. The molecule has 6 nitrogen and oxygen atoms in total. The molecular weight excluding hydrogens is 756 g/mol. The summed E-state index contributed by atoms with van der Waals surface area (Å²) in [4.78, 5) is 21.9. The number of aliphatic carboxylic acids is 1. The number of carboxylic acids is 1. The molecular formula is C28H21Cl5N2O4SSn. The Labute approximate surface area is 275 Å². The maximum absolute atomic E-state index is 10.5. The van der Waals surface area contributed by atoms with Crippen molar-refractivity contribution in [2.45, 2.75) is 6.92 Å². The number of hydrogen-bond donors (Lipinski definition) is 0. The van der Waals surface area contributed by atoms with E-state index in [4.69, 9.17) is 67.9 Å². The van der Waals surface area contributed by atoms with Gasteiger partial charge in [-0.25, -0.2) is 4.99 Å².